The van der Waals surface area contributed by atoms with Crippen molar-refractivity contribution in [3.05, 3.63) is 53.8 Å². The SMILES string of the molecule is N[C@@H](Cc1ccc(O)c(O)c1)C(=O)Nc1ccccc1F. The Kier molecular flexibility index (Phi) is 4.39. The molecule has 0 aliphatic rings. The van der Waals surface area contributed by atoms with Gasteiger partial charge in [-0.05, 0) is 36.2 Å². The summed E-state index contributed by atoms with van der Waals surface area (Å²) in [5, 5.41) is 21.0. The number of nitrogens with two attached hydrogens (primary N) is 1. The first-order chi connectivity index (χ1) is 9.97. The molecule has 2 rings (SSSR count). The molecule has 0 aliphatic heterocycles. The van der Waals surface area contributed by atoms with Gasteiger partial charge in [0.2, 0.25) is 5.91 Å². The van der Waals surface area contributed by atoms with E-state index in [0.717, 1.165) is 0 Å². The van der Waals surface area contributed by atoms with E-state index >= 15 is 0 Å². The Bertz CT molecular complexity index is 661. The van der Waals surface area contributed by atoms with E-state index in [1.165, 1.54) is 30.3 Å². The molecule has 0 aromatic heterocycles. The molecule has 1 amide bonds. The molecule has 0 heterocycles. The highest BCUT2D eigenvalue weighted by molar-refractivity contribution is 5.94. The number of phenols is 2. The van der Waals surface area contributed by atoms with Crippen LogP contribution in [-0.4, -0.2) is 22.2 Å². The average molecular weight is 290 g/mol. The fraction of sp³-hybridized carbons (Fsp3) is 0.133. The van der Waals surface area contributed by atoms with Crippen LogP contribution < -0.4 is 11.1 Å². The number of phenolic OH excluding ortho intramolecular Hbond substituents is 2. The summed E-state index contributed by atoms with van der Waals surface area (Å²) in [6.45, 7) is 0. The second-order valence-corrected chi connectivity index (χ2v) is 4.60. The third kappa shape index (κ3) is 3.70. The molecule has 0 bridgehead atoms. The molecular weight excluding hydrogens is 275 g/mol. The molecule has 0 fully saturated rings. The van der Waals surface area contributed by atoms with Crippen LogP contribution in [0.4, 0.5) is 10.1 Å². The number of carbonyl (C=O) groups is 1. The van der Waals surface area contributed by atoms with Crippen molar-refractivity contribution >= 4 is 11.6 Å². The zero-order valence-corrected chi connectivity index (χ0v) is 11.1. The summed E-state index contributed by atoms with van der Waals surface area (Å²) in [6.07, 6.45) is 0.147. The number of nitrogens with one attached hydrogen (secondary N) is 1. The van der Waals surface area contributed by atoms with Gasteiger partial charge in [-0.3, -0.25) is 4.79 Å². The lowest BCUT2D eigenvalue weighted by Gasteiger charge is -2.13. The van der Waals surface area contributed by atoms with Gasteiger partial charge in [-0.15, -0.1) is 0 Å². The van der Waals surface area contributed by atoms with E-state index in [1.54, 1.807) is 12.1 Å². The molecule has 0 saturated carbocycles. The van der Waals surface area contributed by atoms with Gasteiger partial charge in [0.25, 0.3) is 0 Å². The topological polar surface area (TPSA) is 95.6 Å². The van der Waals surface area contributed by atoms with Crippen molar-refractivity contribution in [2.24, 2.45) is 5.73 Å². The lowest BCUT2D eigenvalue weighted by Crippen LogP contribution is -2.37. The Morgan fingerprint density at radius 1 is 1.19 bits per heavy atom. The van der Waals surface area contributed by atoms with Gasteiger partial charge < -0.3 is 21.3 Å². The maximum atomic E-state index is 13.4. The smallest absolute Gasteiger partial charge is 0.241 e. The molecule has 0 saturated heterocycles. The molecular formula is C15H15FN2O3. The predicted octanol–water partition coefficient (Wildman–Crippen LogP) is 1.75. The zero-order chi connectivity index (χ0) is 15.4. The van der Waals surface area contributed by atoms with Crippen LogP contribution in [-0.2, 0) is 11.2 Å². The quantitative estimate of drug-likeness (QED) is 0.645. The number of aromatic hydroxyl groups is 2. The average Bonchev–Trinajstić information content (AvgIpc) is 2.45. The van der Waals surface area contributed by atoms with Gasteiger partial charge >= 0.3 is 0 Å². The highest BCUT2D eigenvalue weighted by atomic mass is 19.1. The van der Waals surface area contributed by atoms with Crippen LogP contribution in [0.2, 0.25) is 0 Å². The first-order valence-electron chi connectivity index (χ1n) is 6.29. The number of benzene rings is 2. The second-order valence-electron chi connectivity index (χ2n) is 4.60. The van der Waals surface area contributed by atoms with Crippen molar-refractivity contribution in [2.75, 3.05) is 5.32 Å². The van der Waals surface area contributed by atoms with Gasteiger partial charge in [0.1, 0.15) is 5.82 Å². The highest BCUT2D eigenvalue weighted by Crippen LogP contribution is 2.25. The number of carbonyl (C=O) groups excluding carboxylic acids is 1. The number of rotatable bonds is 4. The normalized spacial score (nSPS) is 11.9. The van der Waals surface area contributed by atoms with E-state index in [-0.39, 0.29) is 23.6 Å². The lowest BCUT2D eigenvalue weighted by atomic mass is 10.1. The maximum absolute atomic E-state index is 13.4. The molecule has 0 unspecified atom stereocenters. The molecule has 2 aromatic carbocycles. The minimum absolute atomic E-state index is 0.0616. The van der Waals surface area contributed by atoms with E-state index in [9.17, 15) is 19.4 Å². The van der Waals surface area contributed by atoms with Gasteiger partial charge in [-0.2, -0.15) is 0 Å². The minimum Gasteiger partial charge on any atom is -0.504 e. The van der Waals surface area contributed by atoms with Crippen LogP contribution in [0.3, 0.4) is 0 Å². The molecule has 2 aromatic rings. The summed E-state index contributed by atoms with van der Waals surface area (Å²) in [7, 11) is 0. The molecule has 110 valence electrons. The van der Waals surface area contributed by atoms with Crippen molar-refractivity contribution in [1.82, 2.24) is 0 Å². The van der Waals surface area contributed by atoms with Gasteiger partial charge in [-0.1, -0.05) is 18.2 Å². The molecule has 5 N–H and O–H groups in total. The summed E-state index contributed by atoms with van der Waals surface area (Å²) in [5.41, 5.74) is 6.40. The number of anilines is 1. The van der Waals surface area contributed by atoms with E-state index < -0.39 is 17.8 Å². The van der Waals surface area contributed by atoms with Crippen LogP contribution in [0.5, 0.6) is 11.5 Å². The minimum atomic E-state index is -0.909. The third-order valence-corrected chi connectivity index (χ3v) is 2.96. The fourth-order valence-corrected chi connectivity index (χ4v) is 1.83. The van der Waals surface area contributed by atoms with Gasteiger partial charge in [0, 0.05) is 0 Å². The van der Waals surface area contributed by atoms with Crippen LogP contribution in [0.25, 0.3) is 0 Å². The summed E-state index contributed by atoms with van der Waals surface area (Å²) < 4.78 is 13.4. The van der Waals surface area contributed by atoms with Crippen LogP contribution in [0.15, 0.2) is 42.5 Å². The Morgan fingerprint density at radius 3 is 2.57 bits per heavy atom. The van der Waals surface area contributed by atoms with Crippen molar-refractivity contribution in [1.29, 1.82) is 0 Å². The van der Waals surface area contributed by atoms with E-state index in [0.29, 0.717) is 5.56 Å². The van der Waals surface area contributed by atoms with E-state index in [1.807, 2.05) is 0 Å². The number of amides is 1. The predicted molar refractivity (Wildman–Crippen MR) is 76.5 cm³/mol. The molecule has 0 spiro atoms. The first-order valence-corrected chi connectivity index (χ1v) is 6.29. The summed E-state index contributed by atoms with van der Waals surface area (Å²) in [4.78, 5) is 11.9. The Balaban J connectivity index is 2.02. The summed E-state index contributed by atoms with van der Waals surface area (Å²) in [6, 6.07) is 9.06. The number of para-hydroxylation sites is 1. The van der Waals surface area contributed by atoms with Crippen molar-refractivity contribution in [3.8, 4) is 11.5 Å². The lowest BCUT2D eigenvalue weighted by molar-refractivity contribution is -0.117. The van der Waals surface area contributed by atoms with Crippen molar-refractivity contribution in [2.45, 2.75) is 12.5 Å². The zero-order valence-electron chi connectivity index (χ0n) is 11.1. The van der Waals surface area contributed by atoms with Gasteiger partial charge in [0.05, 0.1) is 11.7 Å². The second kappa shape index (κ2) is 6.23. The Morgan fingerprint density at radius 2 is 1.90 bits per heavy atom. The molecule has 21 heavy (non-hydrogen) atoms. The number of halogens is 1. The third-order valence-electron chi connectivity index (χ3n) is 2.96. The molecule has 6 heteroatoms. The van der Waals surface area contributed by atoms with Crippen molar-refractivity contribution < 1.29 is 19.4 Å². The Labute approximate surface area is 120 Å². The van der Waals surface area contributed by atoms with Crippen LogP contribution >= 0.6 is 0 Å². The largest absolute Gasteiger partial charge is 0.504 e. The molecule has 0 radical (unpaired) electrons. The molecule has 1 atom stereocenters. The fourth-order valence-electron chi connectivity index (χ4n) is 1.83. The number of hydrogen-bond acceptors (Lipinski definition) is 4. The summed E-state index contributed by atoms with van der Waals surface area (Å²) in [5.74, 6) is -1.61. The maximum Gasteiger partial charge on any atom is 0.241 e. The van der Waals surface area contributed by atoms with Crippen molar-refractivity contribution in [3.63, 3.8) is 0 Å². The molecule has 0 aliphatic carbocycles. The standard InChI is InChI=1S/C15H15FN2O3/c16-10-3-1-2-4-12(10)18-15(21)11(17)7-9-5-6-13(19)14(20)8-9/h1-6,8,11,19-20H,7,17H2,(H,18,21)/t11-/m0/s1. The first kappa shape index (κ1) is 14.8. The van der Waals surface area contributed by atoms with Crippen LogP contribution in [0, 0.1) is 5.82 Å². The number of hydrogen-bond donors (Lipinski definition) is 4. The van der Waals surface area contributed by atoms with E-state index in [4.69, 9.17) is 5.73 Å². The monoisotopic (exact) mass is 290 g/mol. The van der Waals surface area contributed by atoms with Gasteiger partial charge in [-0.25, -0.2) is 4.39 Å². The van der Waals surface area contributed by atoms with E-state index in [2.05, 4.69) is 5.32 Å². The molecule has 5 nitrogen and oxygen atoms in total. The highest BCUT2D eigenvalue weighted by Gasteiger charge is 2.16. The van der Waals surface area contributed by atoms with Crippen LogP contribution in [0.1, 0.15) is 5.56 Å². The summed E-state index contributed by atoms with van der Waals surface area (Å²) >= 11 is 0. The Hall–Kier alpha value is -2.60. The van der Waals surface area contributed by atoms with Gasteiger partial charge in [0.15, 0.2) is 11.5 Å².